The van der Waals surface area contributed by atoms with E-state index in [4.69, 9.17) is 0 Å². The molecule has 0 radical (unpaired) electrons. The summed E-state index contributed by atoms with van der Waals surface area (Å²) in [6.07, 6.45) is 3.99. The molecule has 1 aromatic carbocycles. The van der Waals surface area contributed by atoms with E-state index in [0.29, 0.717) is 11.5 Å². The van der Waals surface area contributed by atoms with E-state index in [0.717, 1.165) is 10.8 Å². The third-order valence-corrected chi connectivity index (χ3v) is 12.5. The fraction of sp³-hybridized carbons (Fsp3) is 0.579. The topological polar surface area (TPSA) is 6.48 Å². The van der Waals surface area contributed by atoms with Crippen LogP contribution in [0.25, 0.3) is 0 Å². The van der Waals surface area contributed by atoms with Gasteiger partial charge in [0.15, 0.2) is 0 Å². The summed E-state index contributed by atoms with van der Waals surface area (Å²) in [7, 11) is -0.743. The van der Waals surface area contributed by atoms with Crippen LogP contribution in [0, 0.1) is 0 Å². The summed E-state index contributed by atoms with van der Waals surface area (Å²) < 4.78 is 3.74. The Hall–Kier alpha value is 0.231. The molecule has 0 spiro atoms. The number of rotatable bonds is 4. The Labute approximate surface area is 177 Å². The van der Waals surface area contributed by atoms with Gasteiger partial charge in [-0.1, -0.05) is 0 Å². The zero-order valence-electron chi connectivity index (χ0n) is 16.2. The van der Waals surface area contributed by atoms with Gasteiger partial charge in [-0.05, 0) is 0 Å². The number of nitrogens with zero attached hydrogens (tertiary/aromatic N) is 2. The van der Waals surface area contributed by atoms with Crippen molar-refractivity contribution in [3.63, 3.8) is 0 Å². The molecule has 25 heavy (non-hydrogen) atoms. The zero-order chi connectivity index (χ0) is 16.8. The molecule has 0 bridgehead atoms. The van der Waals surface area contributed by atoms with E-state index in [-0.39, 0.29) is 44.2 Å². The Balaban J connectivity index is 0.00000156. The van der Waals surface area contributed by atoms with Gasteiger partial charge in [0.25, 0.3) is 0 Å². The molecule has 2 nitrogen and oxygen atoms in total. The largest absolute Gasteiger partial charge is 1.00 e. The molecule has 138 valence electrons. The first kappa shape index (κ1) is 23.3. The number of likely N-dealkylation sites (N-methyl/N-ethyl adjacent to an activating group) is 1. The van der Waals surface area contributed by atoms with E-state index in [1.807, 2.05) is 0 Å². The van der Waals surface area contributed by atoms with E-state index < -0.39 is 8.96 Å². The number of hydrogen-bond acceptors (Lipinski definition) is 2. The fourth-order valence-corrected chi connectivity index (χ4v) is 10.3. The number of hydrogen-bond donors (Lipinski definition) is 0. The molecule has 1 heterocycles. The molecule has 0 fully saturated rings. The van der Waals surface area contributed by atoms with E-state index in [9.17, 15) is 0 Å². The zero-order valence-corrected chi connectivity index (χ0v) is 20.4. The van der Waals surface area contributed by atoms with E-state index in [1.54, 1.807) is 11.3 Å². The second-order valence-corrected chi connectivity index (χ2v) is 13.9. The van der Waals surface area contributed by atoms with Crippen molar-refractivity contribution in [2.75, 3.05) is 11.4 Å². The van der Waals surface area contributed by atoms with Crippen LogP contribution in [0.4, 0.5) is 5.69 Å². The minimum atomic E-state index is -0.743. The van der Waals surface area contributed by atoms with Gasteiger partial charge in [0.2, 0.25) is 0 Å². The molecule has 0 N–H and O–H groups in total. The van der Waals surface area contributed by atoms with Gasteiger partial charge < -0.3 is 24.8 Å². The third kappa shape index (κ3) is 4.56. The van der Waals surface area contributed by atoms with Gasteiger partial charge in [-0.3, -0.25) is 0 Å². The number of para-hydroxylation sites is 1. The first-order valence-corrected chi connectivity index (χ1v) is 13.4. The monoisotopic (exact) mass is 432 g/mol. The number of allylic oxidation sites excluding steroid dienone is 2. The summed E-state index contributed by atoms with van der Waals surface area (Å²) in [6.45, 7) is 15.6. The maximum Gasteiger partial charge on any atom is -1.00 e. The van der Waals surface area contributed by atoms with E-state index in [1.165, 1.54) is 12.1 Å². The molecule has 0 aromatic heterocycles. The minimum Gasteiger partial charge on any atom is -1.00 e. The van der Waals surface area contributed by atoms with Crippen LogP contribution in [0.2, 0.25) is 17.3 Å². The summed E-state index contributed by atoms with van der Waals surface area (Å²) in [5.41, 5.74) is 4.97. The summed E-state index contributed by atoms with van der Waals surface area (Å²) >= 11 is -0.0818. The molecule has 0 amide bonds. The second kappa shape index (κ2) is 8.95. The SMILES string of the molecule is CCN1C2=C[CH]([Ti+2][N]([SiH](C)C)C(C)(C)C)CC2c2ccccc21.[Cl-].[Cl-]. The molecular weight excluding hydrogens is 403 g/mol. The van der Waals surface area contributed by atoms with Crippen LogP contribution in [0.1, 0.15) is 45.6 Å². The first-order chi connectivity index (χ1) is 10.8. The molecular formula is C19H30Cl2N2SiTi. The van der Waals surface area contributed by atoms with Crippen LogP contribution in [0.5, 0.6) is 0 Å². The van der Waals surface area contributed by atoms with Crippen molar-refractivity contribution in [1.29, 1.82) is 0 Å². The molecule has 2 atom stereocenters. The van der Waals surface area contributed by atoms with Gasteiger partial charge >= 0.3 is 153 Å². The van der Waals surface area contributed by atoms with Gasteiger partial charge in [0.1, 0.15) is 0 Å². The fourth-order valence-electron chi connectivity index (χ4n) is 4.24. The summed E-state index contributed by atoms with van der Waals surface area (Å²) in [5.74, 6) is 0.663. The first-order valence-electron chi connectivity index (χ1n) is 8.96. The number of halogens is 2. The molecule has 1 aliphatic heterocycles. The van der Waals surface area contributed by atoms with E-state index >= 15 is 0 Å². The van der Waals surface area contributed by atoms with Crippen molar-refractivity contribution < 1.29 is 44.2 Å². The second-order valence-electron chi connectivity index (χ2n) is 8.05. The Morgan fingerprint density at radius 3 is 2.40 bits per heavy atom. The Morgan fingerprint density at radius 1 is 1.20 bits per heavy atom. The number of anilines is 1. The molecule has 2 aliphatic rings. The quantitative estimate of drug-likeness (QED) is 0.550. The molecule has 1 aromatic rings. The van der Waals surface area contributed by atoms with Crippen LogP contribution in [-0.4, -0.2) is 24.1 Å². The molecule has 2 unspecified atom stereocenters. The molecule has 3 rings (SSSR count). The van der Waals surface area contributed by atoms with Crippen LogP contribution in [0.3, 0.4) is 0 Å². The minimum absolute atomic E-state index is 0. The Bertz CT molecular complexity index is 616. The van der Waals surface area contributed by atoms with Gasteiger partial charge in [0.05, 0.1) is 0 Å². The van der Waals surface area contributed by atoms with Crippen molar-refractivity contribution in [1.82, 2.24) is 3.05 Å². The normalized spacial score (nSPS) is 21.3. The average Bonchev–Trinajstić information content (AvgIpc) is 2.99. The molecule has 6 heteroatoms. The number of fused-ring (bicyclic) bond motifs is 3. The predicted molar refractivity (Wildman–Crippen MR) is 99.1 cm³/mol. The predicted octanol–water partition coefficient (Wildman–Crippen LogP) is -1.22. The van der Waals surface area contributed by atoms with Gasteiger partial charge in [0, 0.05) is 0 Å². The van der Waals surface area contributed by atoms with Crippen molar-refractivity contribution in [3.05, 3.63) is 41.6 Å². The van der Waals surface area contributed by atoms with Crippen molar-refractivity contribution in [3.8, 4) is 0 Å². The maximum atomic E-state index is 2.91. The Morgan fingerprint density at radius 2 is 1.84 bits per heavy atom. The smallest absolute Gasteiger partial charge is 1.00 e. The maximum absolute atomic E-state index is 2.91. The average molecular weight is 433 g/mol. The van der Waals surface area contributed by atoms with Crippen molar-refractivity contribution in [2.45, 2.75) is 62.9 Å². The van der Waals surface area contributed by atoms with E-state index in [2.05, 4.69) is 79.1 Å². The van der Waals surface area contributed by atoms with Crippen LogP contribution in [0.15, 0.2) is 36.0 Å². The molecule has 0 saturated heterocycles. The van der Waals surface area contributed by atoms with Gasteiger partial charge in [-0.15, -0.1) is 0 Å². The summed E-state index contributed by atoms with van der Waals surface area (Å²) in [4.78, 5) is 2.56. The van der Waals surface area contributed by atoms with Crippen LogP contribution >= 0.6 is 0 Å². The van der Waals surface area contributed by atoms with Crippen LogP contribution < -0.4 is 29.7 Å². The summed E-state index contributed by atoms with van der Waals surface area (Å²) in [5, 5.41) is 0. The molecule has 0 saturated carbocycles. The summed E-state index contributed by atoms with van der Waals surface area (Å²) in [6, 6.07) is 9.04. The third-order valence-electron chi connectivity index (χ3n) is 4.99. The van der Waals surface area contributed by atoms with Gasteiger partial charge in [-0.25, -0.2) is 0 Å². The van der Waals surface area contributed by atoms with Crippen molar-refractivity contribution in [2.24, 2.45) is 0 Å². The standard InChI is InChI=1S/C13H14N.C6H16NSi.2ClH.Ti/c1-2-14-12-8-4-3-6-10(12)11-7-5-9-13(11)14;1-6(2,3)7-8(4)5;;;/h3-6,8-9,11H,2,7H2,1H3;8H,1-5H3;2*1H;/q;-1;;;+3/p-2. The van der Waals surface area contributed by atoms with Gasteiger partial charge in [-0.2, -0.15) is 0 Å². The van der Waals surface area contributed by atoms with Crippen molar-refractivity contribution >= 4 is 14.6 Å². The Kier molecular flexibility index (Phi) is 8.33. The number of benzene rings is 1. The van der Waals surface area contributed by atoms with Crippen LogP contribution in [-0.2, 0) is 19.4 Å². The molecule has 1 aliphatic carbocycles.